The molecule has 21 heavy (non-hydrogen) atoms. The van der Waals surface area contributed by atoms with Crippen LogP contribution in [0.3, 0.4) is 0 Å². The van der Waals surface area contributed by atoms with E-state index in [1.54, 1.807) is 24.3 Å². The zero-order chi connectivity index (χ0) is 15.2. The number of hydrogen-bond donors (Lipinski definition) is 2. The van der Waals surface area contributed by atoms with Gasteiger partial charge in [0.2, 0.25) is 0 Å². The van der Waals surface area contributed by atoms with Crippen molar-refractivity contribution >= 4 is 40.5 Å². The Labute approximate surface area is 134 Å². The summed E-state index contributed by atoms with van der Waals surface area (Å²) in [5.74, 6) is -0.327. The average Bonchev–Trinajstić information content (AvgIpc) is 2.48. The Kier molecular flexibility index (Phi) is 5.31. The van der Waals surface area contributed by atoms with E-state index in [1.165, 1.54) is 0 Å². The molecule has 0 heterocycles. The number of rotatable bonds is 3. The van der Waals surface area contributed by atoms with E-state index in [2.05, 4.69) is 17.6 Å². The van der Waals surface area contributed by atoms with Crippen molar-refractivity contribution in [2.75, 3.05) is 5.32 Å². The van der Waals surface area contributed by atoms with Crippen molar-refractivity contribution < 1.29 is 4.79 Å². The van der Waals surface area contributed by atoms with Crippen LogP contribution in [0, 0.1) is 0 Å². The molecule has 0 fully saturated rings. The molecule has 0 aromatic heterocycles. The molecular formula is C16H15ClN2OS. The molecule has 0 aliphatic carbocycles. The van der Waals surface area contributed by atoms with Gasteiger partial charge in [-0.3, -0.25) is 10.1 Å². The van der Waals surface area contributed by atoms with Crippen molar-refractivity contribution in [2.24, 2.45) is 0 Å². The fraction of sp³-hybridized carbons (Fsp3) is 0.125. The van der Waals surface area contributed by atoms with Crippen molar-refractivity contribution in [1.82, 2.24) is 5.32 Å². The minimum absolute atomic E-state index is 0.251. The van der Waals surface area contributed by atoms with Crippen LogP contribution in [0.15, 0.2) is 48.5 Å². The van der Waals surface area contributed by atoms with Crippen molar-refractivity contribution in [3.63, 3.8) is 0 Å². The molecule has 0 aliphatic heterocycles. The fourth-order valence-corrected chi connectivity index (χ4v) is 2.34. The standard InChI is InChI=1S/C16H15ClN2OS/c1-2-11-7-3-6-10-14(11)18-16(21)19-15(20)12-8-4-5-9-13(12)17/h3-10H,2H2,1H3,(H2,18,19,20,21). The van der Waals surface area contributed by atoms with E-state index in [0.717, 1.165) is 17.7 Å². The van der Waals surface area contributed by atoms with Crippen LogP contribution in [0.25, 0.3) is 0 Å². The molecule has 1 amide bonds. The second kappa shape index (κ2) is 7.20. The van der Waals surface area contributed by atoms with Crippen LogP contribution in [-0.2, 0) is 6.42 Å². The third-order valence-corrected chi connectivity index (χ3v) is 3.53. The molecule has 108 valence electrons. The Balaban J connectivity index is 2.05. The van der Waals surface area contributed by atoms with Gasteiger partial charge in [-0.25, -0.2) is 0 Å². The number of hydrogen-bond acceptors (Lipinski definition) is 2. The number of nitrogens with one attached hydrogen (secondary N) is 2. The van der Waals surface area contributed by atoms with Gasteiger partial charge in [-0.05, 0) is 42.4 Å². The molecule has 0 aliphatic rings. The molecule has 0 saturated carbocycles. The van der Waals surface area contributed by atoms with Gasteiger partial charge in [-0.1, -0.05) is 48.9 Å². The van der Waals surface area contributed by atoms with Gasteiger partial charge in [0.05, 0.1) is 10.6 Å². The van der Waals surface area contributed by atoms with Crippen LogP contribution in [0.1, 0.15) is 22.8 Å². The summed E-state index contributed by atoms with van der Waals surface area (Å²) >= 11 is 11.2. The van der Waals surface area contributed by atoms with E-state index in [9.17, 15) is 4.79 Å². The van der Waals surface area contributed by atoms with Crippen LogP contribution < -0.4 is 10.6 Å². The van der Waals surface area contributed by atoms with Gasteiger partial charge < -0.3 is 5.32 Å². The number of amides is 1. The number of benzene rings is 2. The molecule has 2 aromatic rings. The summed E-state index contributed by atoms with van der Waals surface area (Å²) in [5, 5.41) is 6.32. The Hall–Kier alpha value is -1.91. The van der Waals surface area contributed by atoms with Crippen molar-refractivity contribution in [3.05, 3.63) is 64.7 Å². The van der Waals surface area contributed by atoms with Gasteiger partial charge >= 0.3 is 0 Å². The van der Waals surface area contributed by atoms with Gasteiger partial charge in [0.25, 0.3) is 5.91 Å². The zero-order valence-electron chi connectivity index (χ0n) is 11.5. The monoisotopic (exact) mass is 318 g/mol. The van der Waals surface area contributed by atoms with E-state index < -0.39 is 0 Å². The highest BCUT2D eigenvalue weighted by atomic mass is 35.5. The Bertz CT molecular complexity index is 673. The lowest BCUT2D eigenvalue weighted by molar-refractivity contribution is 0.0978. The molecule has 0 spiro atoms. The van der Waals surface area contributed by atoms with Crippen LogP contribution in [0.5, 0.6) is 0 Å². The summed E-state index contributed by atoms with van der Waals surface area (Å²) in [7, 11) is 0. The third-order valence-electron chi connectivity index (χ3n) is 2.99. The predicted molar refractivity (Wildman–Crippen MR) is 91.0 cm³/mol. The summed E-state index contributed by atoms with van der Waals surface area (Å²) < 4.78 is 0. The molecule has 0 radical (unpaired) electrons. The zero-order valence-corrected chi connectivity index (χ0v) is 13.1. The van der Waals surface area contributed by atoms with Gasteiger partial charge in [0.15, 0.2) is 5.11 Å². The fourth-order valence-electron chi connectivity index (χ4n) is 1.92. The highest BCUT2D eigenvalue weighted by molar-refractivity contribution is 7.80. The summed E-state index contributed by atoms with van der Waals surface area (Å²) in [6.07, 6.45) is 0.879. The summed E-state index contributed by atoms with van der Waals surface area (Å²) in [6.45, 7) is 2.06. The topological polar surface area (TPSA) is 41.1 Å². The van der Waals surface area contributed by atoms with E-state index in [4.69, 9.17) is 23.8 Å². The highest BCUT2D eigenvalue weighted by Crippen LogP contribution is 2.16. The molecule has 3 nitrogen and oxygen atoms in total. The lowest BCUT2D eigenvalue weighted by Gasteiger charge is -2.13. The third kappa shape index (κ3) is 4.03. The molecule has 0 atom stereocenters. The smallest absolute Gasteiger partial charge is 0.258 e. The van der Waals surface area contributed by atoms with E-state index in [-0.39, 0.29) is 11.0 Å². The maximum atomic E-state index is 12.1. The first kappa shape index (κ1) is 15.5. The van der Waals surface area contributed by atoms with Crippen molar-refractivity contribution in [3.8, 4) is 0 Å². The minimum Gasteiger partial charge on any atom is -0.332 e. The summed E-state index contributed by atoms with van der Waals surface area (Å²) in [5.41, 5.74) is 2.42. The number of aryl methyl sites for hydroxylation is 1. The molecule has 5 heteroatoms. The Morgan fingerprint density at radius 3 is 2.52 bits per heavy atom. The lowest BCUT2D eigenvalue weighted by Crippen LogP contribution is -2.34. The predicted octanol–water partition coefficient (Wildman–Crippen LogP) is 4.03. The number of carbonyl (C=O) groups is 1. The molecule has 0 unspecified atom stereocenters. The van der Waals surface area contributed by atoms with Gasteiger partial charge in [-0.15, -0.1) is 0 Å². The molecule has 2 rings (SSSR count). The van der Waals surface area contributed by atoms with Crippen LogP contribution >= 0.6 is 23.8 Å². The molecule has 0 bridgehead atoms. The molecular weight excluding hydrogens is 304 g/mol. The lowest BCUT2D eigenvalue weighted by atomic mass is 10.1. The average molecular weight is 319 g/mol. The van der Waals surface area contributed by atoms with Crippen molar-refractivity contribution in [2.45, 2.75) is 13.3 Å². The van der Waals surface area contributed by atoms with Crippen LogP contribution in [-0.4, -0.2) is 11.0 Å². The van der Waals surface area contributed by atoms with Crippen LogP contribution in [0.2, 0.25) is 5.02 Å². The number of halogens is 1. The van der Waals surface area contributed by atoms with Gasteiger partial charge in [-0.2, -0.15) is 0 Å². The first-order chi connectivity index (χ1) is 10.1. The Morgan fingerprint density at radius 1 is 1.14 bits per heavy atom. The minimum atomic E-state index is -0.327. The maximum absolute atomic E-state index is 12.1. The normalized spacial score (nSPS) is 10.0. The number of thiocarbonyl (C=S) groups is 1. The molecule has 0 saturated heterocycles. The largest absolute Gasteiger partial charge is 0.332 e. The quantitative estimate of drug-likeness (QED) is 0.840. The van der Waals surface area contributed by atoms with Gasteiger partial charge in [0, 0.05) is 5.69 Å². The summed E-state index contributed by atoms with van der Waals surface area (Å²) in [6, 6.07) is 14.7. The van der Waals surface area contributed by atoms with Crippen molar-refractivity contribution in [1.29, 1.82) is 0 Å². The first-order valence-corrected chi connectivity index (χ1v) is 7.35. The Morgan fingerprint density at radius 2 is 1.81 bits per heavy atom. The van der Waals surface area contributed by atoms with Gasteiger partial charge in [0.1, 0.15) is 0 Å². The van der Waals surface area contributed by atoms with E-state index in [1.807, 2.05) is 24.3 Å². The first-order valence-electron chi connectivity index (χ1n) is 6.56. The van der Waals surface area contributed by atoms with Crippen LogP contribution in [0.4, 0.5) is 5.69 Å². The second-order valence-corrected chi connectivity index (χ2v) is 5.21. The molecule has 2 N–H and O–H groups in total. The van der Waals surface area contributed by atoms with E-state index >= 15 is 0 Å². The van der Waals surface area contributed by atoms with E-state index in [0.29, 0.717) is 10.6 Å². The maximum Gasteiger partial charge on any atom is 0.258 e. The summed E-state index contributed by atoms with van der Waals surface area (Å²) in [4.78, 5) is 12.1. The SMILES string of the molecule is CCc1ccccc1NC(=S)NC(=O)c1ccccc1Cl. The highest BCUT2D eigenvalue weighted by Gasteiger charge is 2.11. The number of carbonyl (C=O) groups excluding carboxylic acids is 1. The number of anilines is 1. The second-order valence-electron chi connectivity index (χ2n) is 4.40. The number of para-hydroxylation sites is 1. The molecule has 2 aromatic carbocycles.